The van der Waals surface area contributed by atoms with Crippen LogP contribution in [-0.2, 0) is 4.74 Å². The molecule has 1 atom stereocenters. The van der Waals surface area contributed by atoms with E-state index in [1.165, 1.54) is 11.9 Å². The minimum absolute atomic E-state index is 0.614. The van der Waals surface area contributed by atoms with Crippen molar-refractivity contribution in [2.45, 2.75) is 32.5 Å². The van der Waals surface area contributed by atoms with E-state index >= 15 is 0 Å². The molecule has 0 bridgehead atoms. The van der Waals surface area contributed by atoms with E-state index in [2.05, 4.69) is 10.1 Å². The second-order valence-electron chi connectivity index (χ2n) is 5.53. The molecule has 1 aromatic carbocycles. The average Bonchev–Trinajstić information content (AvgIpc) is 3.00. The summed E-state index contributed by atoms with van der Waals surface area (Å²) in [7, 11) is 1.58. The number of hydrogen-bond donors (Lipinski definition) is 1. The number of aliphatic hydroxyl groups excluding tert-OH is 1. The van der Waals surface area contributed by atoms with Crippen LogP contribution in [0.15, 0.2) is 36.9 Å². The number of methoxy groups -OCH3 is 1. The summed E-state index contributed by atoms with van der Waals surface area (Å²) in [5.41, 5.74) is 2.05. The maximum atomic E-state index is 10.6. The maximum Gasteiger partial charge on any atom is 0.138 e. The summed E-state index contributed by atoms with van der Waals surface area (Å²) in [6.07, 6.45) is 4.05. The summed E-state index contributed by atoms with van der Waals surface area (Å²) in [5, 5.41) is 14.8. The van der Waals surface area contributed by atoms with Crippen molar-refractivity contribution >= 4 is 11.8 Å². The fourth-order valence-corrected chi connectivity index (χ4v) is 1.91. The van der Waals surface area contributed by atoms with Crippen molar-refractivity contribution in [3.8, 4) is 0 Å². The van der Waals surface area contributed by atoms with Gasteiger partial charge < -0.3 is 9.84 Å². The molecule has 0 radical (unpaired) electrons. The van der Waals surface area contributed by atoms with E-state index in [1.54, 1.807) is 18.1 Å². The standard InChI is InChI=1S/C16H21N3O2/c1-12-5-7-13(8-6-12)9-14(19-11-17-10-18-19)15(20)16(2,3)21-4/h5-11,15,20H,1-4H3/b14-9-. The molecule has 1 unspecified atom stereocenters. The lowest BCUT2D eigenvalue weighted by Gasteiger charge is -2.30. The molecule has 5 nitrogen and oxygen atoms in total. The zero-order valence-electron chi connectivity index (χ0n) is 12.8. The number of rotatable bonds is 5. The second kappa shape index (κ2) is 6.20. The lowest BCUT2D eigenvalue weighted by atomic mass is 9.97. The molecule has 0 aliphatic heterocycles. The first kappa shape index (κ1) is 15.4. The SMILES string of the molecule is COC(C)(C)C(O)/C(=C/c1ccc(C)cc1)n1cncn1. The Bertz CT molecular complexity index is 601. The molecule has 0 saturated carbocycles. The maximum absolute atomic E-state index is 10.6. The van der Waals surface area contributed by atoms with Gasteiger partial charge >= 0.3 is 0 Å². The molecule has 0 aliphatic carbocycles. The summed E-state index contributed by atoms with van der Waals surface area (Å²) in [6, 6.07) is 8.05. The lowest BCUT2D eigenvalue weighted by molar-refractivity contribution is -0.0539. The van der Waals surface area contributed by atoms with Gasteiger partial charge in [-0.25, -0.2) is 9.67 Å². The summed E-state index contributed by atoms with van der Waals surface area (Å²) in [6.45, 7) is 5.70. The normalized spacial score (nSPS) is 14.2. The van der Waals surface area contributed by atoms with E-state index in [0.717, 1.165) is 5.56 Å². The third-order valence-electron chi connectivity index (χ3n) is 3.54. The molecule has 0 aliphatic rings. The Morgan fingerprint density at radius 2 is 2.00 bits per heavy atom. The fraction of sp³-hybridized carbons (Fsp3) is 0.375. The van der Waals surface area contributed by atoms with Crippen LogP contribution < -0.4 is 0 Å². The highest BCUT2D eigenvalue weighted by molar-refractivity contribution is 5.73. The number of nitrogens with zero attached hydrogens (tertiary/aromatic N) is 3. The Morgan fingerprint density at radius 3 is 2.52 bits per heavy atom. The van der Waals surface area contributed by atoms with Gasteiger partial charge in [-0.05, 0) is 32.4 Å². The summed E-state index contributed by atoms with van der Waals surface area (Å²) < 4.78 is 6.94. The van der Waals surface area contributed by atoms with Gasteiger partial charge in [-0.1, -0.05) is 29.8 Å². The predicted molar refractivity (Wildman–Crippen MR) is 82.5 cm³/mol. The van der Waals surface area contributed by atoms with E-state index in [-0.39, 0.29) is 0 Å². The van der Waals surface area contributed by atoms with Crippen LogP contribution >= 0.6 is 0 Å². The van der Waals surface area contributed by atoms with Crippen LogP contribution in [0.1, 0.15) is 25.0 Å². The number of hydrogen-bond acceptors (Lipinski definition) is 4. The molecule has 0 fully saturated rings. The van der Waals surface area contributed by atoms with Gasteiger partial charge in [0.25, 0.3) is 0 Å². The van der Waals surface area contributed by atoms with Gasteiger partial charge in [0.1, 0.15) is 18.8 Å². The van der Waals surface area contributed by atoms with E-state index < -0.39 is 11.7 Å². The first-order chi connectivity index (χ1) is 9.94. The van der Waals surface area contributed by atoms with Gasteiger partial charge in [0.2, 0.25) is 0 Å². The van der Waals surface area contributed by atoms with Crippen LogP contribution in [0.3, 0.4) is 0 Å². The number of aryl methyl sites for hydroxylation is 1. The van der Waals surface area contributed by atoms with Crippen LogP contribution in [0.4, 0.5) is 0 Å². The number of aliphatic hydroxyl groups is 1. The highest BCUT2D eigenvalue weighted by Gasteiger charge is 2.32. The minimum atomic E-state index is -0.842. The highest BCUT2D eigenvalue weighted by Crippen LogP contribution is 2.25. The molecular formula is C16H21N3O2. The predicted octanol–water partition coefficient (Wildman–Crippen LogP) is 2.37. The zero-order valence-corrected chi connectivity index (χ0v) is 12.8. The molecule has 112 valence electrons. The summed E-state index contributed by atoms with van der Waals surface area (Å²) >= 11 is 0. The zero-order chi connectivity index (χ0) is 15.5. The Kier molecular flexibility index (Phi) is 4.55. The van der Waals surface area contributed by atoms with Gasteiger partial charge in [-0.2, -0.15) is 5.10 Å². The summed E-state index contributed by atoms with van der Waals surface area (Å²) in [4.78, 5) is 3.95. The van der Waals surface area contributed by atoms with Crippen molar-refractivity contribution in [2.24, 2.45) is 0 Å². The van der Waals surface area contributed by atoms with Crippen molar-refractivity contribution in [3.05, 3.63) is 48.0 Å². The van der Waals surface area contributed by atoms with Crippen LogP contribution in [0.5, 0.6) is 0 Å². The second-order valence-corrected chi connectivity index (χ2v) is 5.53. The lowest BCUT2D eigenvalue weighted by Crippen LogP contribution is -2.40. The molecule has 21 heavy (non-hydrogen) atoms. The van der Waals surface area contributed by atoms with Gasteiger partial charge in [0, 0.05) is 7.11 Å². The van der Waals surface area contributed by atoms with Crippen LogP contribution in [0, 0.1) is 6.92 Å². The third-order valence-corrected chi connectivity index (χ3v) is 3.54. The third kappa shape index (κ3) is 3.56. The fourth-order valence-electron chi connectivity index (χ4n) is 1.91. The van der Waals surface area contributed by atoms with E-state index in [0.29, 0.717) is 5.70 Å². The molecule has 2 aromatic rings. The molecule has 1 aromatic heterocycles. The molecule has 5 heteroatoms. The van der Waals surface area contributed by atoms with E-state index in [4.69, 9.17) is 4.74 Å². The Morgan fingerprint density at radius 1 is 1.33 bits per heavy atom. The van der Waals surface area contributed by atoms with Crippen molar-refractivity contribution in [1.82, 2.24) is 14.8 Å². The van der Waals surface area contributed by atoms with Gasteiger partial charge in [-0.3, -0.25) is 0 Å². The quantitative estimate of drug-likeness (QED) is 0.917. The van der Waals surface area contributed by atoms with Crippen molar-refractivity contribution in [1.29, 1.82) is 0 Å². The monoisotopic (exact) mass is 287 g/mol. The molecule has 0 saturated heterocycles. The molecule has 1 N–H and O–H groups in total. The average molecular weight is 287 g/mol. The largest absolute Gasteiger partial charge is 0.384 e. The molecule has 0 spiro atoms. The highest BCUT2D eigenvalue weighted by atomic mass is 16.5. The van der Waals surface area contributed by atoms with Gasteiger partial charge in [0.05, 0.1) is 11.3 Å². The molecule has 0 amide bonds. The molecule has 1 heterocycles. The van der Waals surface area contributed by atoms with Crippen LogP contribution in [-0.4, -0.2) is 38.7 Å². The Balaban J connectivity index is 2.44. The number of aromatic nitrogens is 3. The van der Waals surface area contributed by atoms with Crippen LogP contribution in [0.2, 0.25) is 0 Å². The number of benzene rings is 1. The molecular weight excluding hydrogens is 266 g/mol. The first-order valence-corrected chi connectivity index (χ1v) is 6.80. The van der Waals surface area contributed by atoms with Crippen LogP contribution in [0.25, 0.3) is 11.8 Å². The Hall–Kier alpha value is -1.98. The van der Waals surface area contributed by atoms with E-state index in [9.17, 15) is 5.11 Å². The first-order valence-electron chi connectivity index (χ1n) is 6.80. The van der Waals surface area contributed by atoms with Gasteiger partial charge in [-0.15, -0.1) is 0 Å². The minimum Gasteiger partial charge on any atom is -0.384 e. The van der Waals surface area contributed by atoms with Gasteiger partial charge in [0.15, 0.2) is 0 Å². The summed E-state index contributed by atoms with van der Waals surface area (Å²) in [5.74, 6) is 0. The van der Waals surface area contributed by atoms with Crippen molar-refractivity contribution in [2.75, 3.05) is 7.11 Å². The topological polar surface area (TPSA) is 60.2 Å². The van der Waals surface area contributed by atoms with Crippen molar-refractivity contribution < 1.29 is 9.84 Å². The number of ether oxygens (including phenoxy) is 1. The Labute approximate surface area is 124 Å². The van der Waals surface area contributed by atoms with Crippen molar-refractivity contribution in [3.63, 3.8) is 0 Å². The van der Waals surface area contributed by atoms with E-state index in [1.807, 2.05) is 51.1 Å². The smallest absolute Gasteiger partial charge is 0.138 e. The molecule has 2 rings (SSSR count).